The minimum Gasteiger partial charge on any atom is -0.332 e. The van der Waals surface area contributed by atoms with Crippen LogP contribution in [0.1, 0.15) is 27.2 Å². The van der Waals surface area contributed by atoms with Crippen molar-refractivity contribution < 1.29 is 18.0 Å². The second-order valence-electron chi connectivity index (χ2n) is 5.11. The van der Waals surface area contributed by atoms with Crippen molar-refractivity contribution in [3.8, 4) is 0 Å². The highest BCUT2D eigenvalue weighted by Gasteiger charge is 2.35. The van der Waals surface area contributed by atoms with Gasteiger partial charge >= 0.3 is 6.18 Å². The molecule has 1 aromatic carbocycles. The maximum absolute atomic E-state index is 12.9. The molecule has 0 bridgehead atoms. The molecule has 0 spiro atoms. The second kappa shape index (κ2) is 5.97. The molecule has 1 aliphatic heterocycles. The summed E-state index contributed by atoms with van der Waals surface area (Å²) in [6.07, 6.45) is -3.99. The van der Waals surface area contributed by atoms with E-state index in [9.17, 15) is 18.0 Å². The number of benzene rings is 1. The Hall–Kier alpha value is -1.29. The number of nitrogens with zero attached hydrogens (tertiary/aromatic N) is 2. The fourth-order valence-electron chi connectivity index (χ4n) is 2.54. The molecule has 1 aromatic heterocycles. The summed E-state index contributed by atoms with van der Waals surface area (Å²) < 4.78 is 39.6. The van der Waals surface area contributed by atoms with Gasteiger partial charge in [0.1, 0.15) is 3.70 Å². The van der Waals surface area contributed by atoms with Crippen LogP contribution in [-0.2, 0) is 19.1 Å². The van der Waals surface area contributed by atoms with E-state index in [0.717, 1.165) is 21.0 Å². The lowest BCUT2D eigenvalue weighted by molar-refractivity contribution is -0.137. The number of fused-ring (bicyclic) bond motifs is 1. The molecule has 2 aromatic rings. The van der Waals surface area contributed by atoms with Crippen LogP contribution in [0.4, 0.5) is 13.2 Å². The van der Waals surface area contributed by atoms with Crippen LogP contribution in [0, 0.1) is 3.70 Å². The van der Waals surface area contributed by atoms with Crippen molar-refractivity contribution in [3.63, 3.8) is 0 Å². The number of carbonyl (C=O) groups is 1. The molecule has 0 radical (unpaired) electrons. The van der Waals surface area contributed by atoms with Gasteiger partial charge in [-0.3, -0.25) is 9.89 Å². The van der Waals surface area contributed by atoms with Crippen LogP contribution < -0.4 is 0 Å². The highest BCUT2D eigenvalue weighted by molar-refractivity contribution is 14.1. The summed E-state index contributed by atoms with van der Waals surface area (Å²) in [7, 11) is 0. The maximum Gasteiger partial charge on any atom is 0.417 e. The number of alkyl halides is 3. The molecular weight excluding hydrogens is 446 g/mol. The zero-order valence-electron chi connectivity index (χ0n) is 11.5. The van der Waals surface area contributed by atoms with Gasteiger partial charge in [0.2, 0.25) is 0 Å². The van der Waals surface area contributed by atoms with Crippen molar-refractivity contribution in [2.45, 2.75) is 19.1 Å². The van der Waals surface area contributed by atoms with Crippen LogP contribution >= 0.6 is 34.2 Å². The normalized spacial score (nSPS) is 14.7. The molecular formula is C14H10ClF3IN3O. The summed E-state index contributed by atoms with van der Waals surface area (Å²) in [4.78, 5) is 14.0. The fourth-order valence-corrected chi connectivity index (χ4v) is 3.57. The molecule has 23 heavy (non-hydrogen) atoms. The SMILES string of the molecule is O=C(c1cccc(C(F)(F)F)c1Cl)N1CCc2c(I)n[nH]c2C1. The molecule has 122 valence electrons. The topological polar surface area (TPSA) is 49.0 Å². The van der Waals surface area contributed by atoms with Crippen molar-refractivity contribution in [1.82, 2.24) is 15.1 Å². The van der Waals surface area contributed by atoms with Crippen LogP contribution in [-0.4, -0.2) is 27.5 Å². The molecule has 0 atom stereocenters. The van der Waals surface area contributed by atoms with E-state index >= 15 is 0 Å². The number of hydrogen-bond acceptors (Lipinski definition) is 2. The number of nitrogens with one attached hydrogen (secondary N) is 1. The van der Waals surface area contributed by atoms with E-state index in [2.05, 4.69) is 32.8 Å². The van der Waals surface area contributed by atoms with Crippen molar-refractivity contribution in [2.24, 2.45) is 0 Å². The highest BCUT2D eigenvalue weighted by atomic mass is 127. The van der Waals surface area contributed by atoms with Gasteiger partial charge in [-0.15, -0.1) is 0 Å². The zero-order chi connectivity index (χ0) is 16.8. The fraction of sp³-hybridized carbons (Fsp3) is 0.286. The highest BCUT2D eigenvalue weighted by Crippen LogP contribution is 2.36. The summed E-state index contributed by atoms with van der Waals surface area (Å²) in [6, 6.07) is 3.37. The molecule has 4 nitrogen and oxygen atoms in total. The van der Waals surface area contributed by atoms with Crippen molar-refractivity contribution in [2.75, 3.05) is 6.54 Å². The minimum absolute atomic E-state index is 0.140. The Morgan fingerprint density at radius 1 is 1.39 bits per heavy atom. The third kappa shape index (κ3) is 3.06. The number of hydrogen-bond donors (Lipinski definition) is 1. The van der Waals surface area contributed by atoms with E-state index in [1.54, 1.807) is 0 Å². The Morgan fingerprint density at radius 3 is 2.83 bits per heavy atom. The average Bonchev–Trinajstić information content (AvgIpc) is 2.86. The van der Waals surface area contributed by atoms with Crippen molar-refractivity contribution >= 4 is 40.1 Å². The Kier molecular flexibility index (Phi) is 4.30. The van der Waals surface area contributed by atoms with Crippen LogP contribution in [0.3, 0.4) is 0 Å². The molecule has 1 N–H and O–H groups in total. The predicted octanol–water partition coefficient (Wildman–Crippen LogP) is 3.89. The van der Waals surface area contributed by atoms with Gasteiger partial charge < -0.3 is 4.90 Å². The minimum atomic E-state index is -4.60. The van der Waals surface area contributed by atoms with E-state index < -0.39 is 22.7 Å². The van der Waals surface area contributed by atoms with Gasteiger partial charge in [-0.1, -0.05) is 17.7 Å². The lowest BCUT2D eigenvalue weighted by atomic mass is 10.1. The smallest absolute Gasteiger partial charge is 0.332 e. The molecule has 0 fully saturated rings. The van der Waals surface area contributed by atoms with Gasteiger partial charge in [-0.2, -0.15) is 18.3 Å². The predicted molar refractivity (Wildman–Crippen MR) is 86.2 cm³/mol. The van der Waals surface area contributed by atoms with Gasteiger partial charge in [-0.05, 0) is 41.1 Å². The van der Waals surface area contributed by atoms with Crippen molar-refractivity contribution in [3.05, 3.63) is 49.3 Å². The second-order valence-corrected chi connectivity index (χ2v) is 6.51. The first-order valence-electron chi connectivity index (χ1n) is 6.65. The molecule has 9 heteroatoms. The standard InChI is InChI=1S/C14H10ClF3IN3O/c15-11-8(2-1-3-9(11)14(16,17)18)13(23)22-5-4-7-10(6-22)20-21-12(7)19/h1-3H,4-6H2,(H,20,21). The summed E-state index contributed by atoms with van der Waals surface area (Å²) in [5.41, 5.74) is 0.708. The Balaban J connectivity index is 1.90. The van der Waals surface area contributed by atoms with E-state index in [0.29, 0.717) is 13.0 Å². The van der Waals surface area contributed by atoms with Gasteiger partial charge in [0, 0.05) is 12.1 Å². The Bertz CT molecular complexity index is 775. The summed E-state index contributed by atoms with van der Waals surface area (Å²) in [5, 5.41) is 6.37. The molecule has 0 aliphatic carbocycles. The molecule has 0 saturated heterocycles. The van der Waals surface area contributed by atoms with E-state index in [-0.39, 0.29) is 12.1 Å². The van der Waals surface area contributed by atoms with Crippen LogP contribution in [0.2, 0.25) is 5.02 Å². The number of aromatic nitrogens is 2. The first-order valence-corrected chi connectivity index (χ1v) is 8.11. The lowest BCUT2D eigenvalue weighted by Gasteiger charge is -2.27. The van der Waals surface area contributed by atoms with Crippen LogP contribution in [0.5, 0.6) is 0 Å². The summed E-state index contributed by atoms with van der Waals surface area (Å²) in [5.74, 6) is -0.517. The number of halogens is 5. The third-order valence-corrected chi connectivity index (χ3v) is 5.00. The van der Waals surface area contributed by atoms with Crippen molar-refractivity contribution in [1.29, 1.82) is 0 Å². The number of carbonyl (C=O) groups excluding carboxylic acids is 1. The summed E-state index contributed by atoms with van der Waals surface area (Å²) in [6.45, 7) is 0.685. The quantitative estimate of drug-likeness (QED) is 0.664. The molecule has 1 amide bonds. The zero-order valence-corrected chi connectivity index (χ0v) is 14.5. The number of H-pyrrole nitrogens is 1. The number of amides is 1. The Labute approximate surface area is 148 Å². The van der Waals surface area contributed by atoms with Gasteiger partial charge in [0.15, 0.2) is 0 Å². The number of aromatic amines is 1. The lowest BCUT2D eigenvalue weighted by Crippen LogP contribution is -2.36. The molecule has 0 unspecified atom stereocenters. The molecule has 2 heterocycles. The molecule has 3 rings (SSSR count). The first kappa shape index (κ1) is 16.6. The monoisotopic (exact) mass is 455 g/mol. The molecule has 0 saturated carbocycles. The first-order chi connectivity index (χ1) is 10.8. The van der Waals surface area contributed by atoms with E-state index in [4.69, 9.17) is 11.6 Å². The third-order valence-electron chi connectivity index (χ3n) is 3.70. The maximum atomic E-state index is 12.9. The van der Waals surface area contributed by atoms with Crippen LogP contribution in [0.15, 0.2) is 18.2 Å². The van der Waals surface area contributed by atoms with E-state index in [1.165, 1.54) is 17.0 Å². The summed E-state index contributed by atoms with van der Waals surface area (Å²) >= 11 is 7.92. The number of rotatable bonds is 1. The van der Waals surface area contributed by atoms with Gasteiger partial charge in [0.25, 0.3) is 5.91 Å². The van der Waals surface area contributed by atoms with E-state index in [1.807, 2.05) is 0 Å². The Morgan fingerprint density at radius 2 is 2.13 bits per heavy atom. The molecule has 1 aliphatic rings. The van der Waals surface area contributed by atoms with Crippen LogP contribution in [0.25, 0.3) is 0 Å². The van der Waals surface area contributed by atoms with Gasteiger partial charge in [0.05, 0.1) is 28.4 Å². The largest absolute Gasteiger partial charge is 0.417 e. The van der Waals surface area contributed by atoms with Gasteiger partial charge in [-0.25, -0.2) is 0 Å². The average molecular weight is 456 g/mol.